The zero-order valence-corrected chi connectivity index (χ0v) is 14.6. The van der Waals surface area contributed by atoms with Crippen molar-refractivity contribution in [2.24, 2.45) is 11.5 Å². The Kier molecular flexibility index (Phi) is 5.00. The summed E-state index contributed by atoms with van der Waals surface area (Å²) in [6.45, 7) is 1.62. The van der Waals surface area contributed by atoms with Gasteiger partial charge in [0.2, 0.25) is 5.91 Å². The fourth-order valence-corrected chi connectivity index (χ4v) is 3.01. The number of primary amides is 1. The van der Waals surface area contributed by atoms with Crippen LogP contribution in [0.3, 0.4) is 0 Å². The van der Waals surface area contributed by atoms with Crippen LogP contribution in [0, 0.1) is 11.6 Å². The number of halogens is 2. The molecule has 3 rings (SSSR count). The van der Waals surface area contributed by atoms with Crippen LogP contribution >= 0.6 is 0 Å². The quantitative estimate of drug-likeness (QED) is 0.716. The Balaban J connectivity index is 2.35. The van der Waals surface area contributed by atoms with E-state index in [1.807, 2.05) is 0 Å². The third kappa shape index (κ3) is 3.70. The lowest BCUT2D eigenvalue weighted by molar-refractivity contribution is -0.117. The van der Waals surface area contributed by atoms with E-state index in [0.29, 0.717) is 17.1 Å². The molecule has 1 amide bonds. The van der Waals surface area contributed by atoms with Gasteiger partial charge in [0.1, 0.15) is 17.5 Å². The van der Waals surface area contributed by atoms with Gasteiger partial charge in [0.25, 0.3) is 5.56 Å². The standard InChI is InChI=1S/C19H18F2N4O2/c1-10(22)18-24-15-4-2-3-11(5-6-16(23)26)17(15)19(27)25(18)14-8-12(20)7-13(21)9-14/h2-4,7-10H,5-6,22H2,1H3,(H2,23,26)/t10-/m0/s1. The molecule has 2 aromatic carbocycles. The Bertz CT molecular complexity index is 1070. The molecular formula is C19H18F2N4O2. The van der Waals surface area contributed by atoms with Crippen LogP contribution in [0.4, 0.5) is 8.78 Å². The van der Waals surface area contributed by atoms with Crippen LogP contribution < -0.4 is 17.0 Å². The number of nitrogens with zero attached hydrogens (tertiary/aromatic N) is 2. The number of aromatic nitrogens is 2. The minimum absolute atomic E-state index is 0.0103. The monoisotopic (exact) mass is 372 g/mol. The average molecular weight is 372 g/mol. The van der Waals surface area contributed by atoms with Gasteiger partial charge in [-0.1, -0.05) is 12.1 Å². The summed E-state index contributed by atoms with van der Waals surface area (Å²) in [6.07, 6.45) is 0.306. The minimum atomic E-state index is -0.824. The molecule has 6 nitrogen and oxygen atoms in total. The summed E-state index contributed by atoms with van der Waals surface area (Å²) in [4.78, 5) is 28.8. The molecular weight excluding hydrogens is 354 g/mol. The fourth-order valence-electron chi connectivity index (χ4n) is 3.01. The molecule has 0 bridgehead atoms. The van der Waals surface area contributed by atoms with Crippen molar-refractivity contribution in [1.29, 1.82) is 0 Å². The number of aryl methyl sites for hydroxylation is 1. The second-order valence-corrected chi connectivity index (χ2v) is 6.30. The van der Waals surface area contributed by atoms with Crippen molar-refractivity contribution in [3.63, 3.8) is 0 Å². The summed E-state index contributed by atoms with van der Waals surface area (Å²) >= 11 is 0. The summed E-state index contributed by atoms with van der Waals surface area (Å²) in [5.41, 5.74) is 11.6. The van der Waals surface area contributed by atoms with E-state index >= 15 is 0 Å². The molecule has 27 heavy (non-hydrogen) atoms. The highest BCUT2D eigenvalue weighted by molar-refractivity contribution is 5.83. The second-order valence-electron chi connectivity index (χ2n) is 6.30. The van der Waals surface area contributed by atoms with Crippen molar-refractivity contribution < 1.29 is 13.6 Å². The lowest BCUT2D eigenvalue weighted by atomic mass is 10.0. The molecule has 0 aliphatic rings. The van der Waals surface area contributed by atoms with Crippen LogP contribution in [0.1, 0.15) is 30.8 Å². The Hall–Kier alpha value is -3.13. The molecule has 1 aromatic heterocycles. The van der Waals surface area contributed by atoms with Crippen LogP contribution in [-0.2, 0) is 11.2 Å². The number of fused-ring (bicyclic) bond motifs is 1. The topological polar surface area (TPSA) is 104 Å². The Labute approximate surface area is 153 Å². The van der Waals surface area contributed by atoms with Gasteiger partial charge in [-0.05, 0) is 37.1 Å². The van der Waals surface area contributed by atoms with E-state index in [1.165, 1.54) is 0 Å². The largest absolute Gasteiger partial charge is 0.370 e. The van der Waals surface area contributed by atoms with Crippen LogP contribution in [-0.4, -0.2) is 15.5 Å². The number of carbonyl (C=O) groups is 1. The maximum absolute atomic E-state index is 13.7. The maximum atomic E-state index is 13.7. The SMILES string of the molecule is C[C@H](N)c1nc2cccc(CCC(N)=O)c2c(=O)n1-c1cc(F)cc(F)c1. The van der Waals surface area contributed by atoms with Gasteiger partial charge in [0.15, 0.2) is 0 Å². The third-order valence-electron chi connectivity index (χ3n) is 4.16. The molecule has 1 atom stereocenters. The predicted molar refractivity (Wildman–Crippen MR) is 97.4 cm³/mol. The molecule has 0 fully saturated rings. The molecule has 0 unspecified atom stereocenters. The number of amides is 1. The highest BCUT2D eigenvalue weighted by atomic mass is 19.1. The summed E-state index contributed by atoms with van der Waals surface area (Å²) in [7, 11) is 0. The number of nitrogens with two attached hydrogens (primary N) is 2. The molecule has 0 saturated heterocycles. The van der Waals surface area contributed by atoms with Crippen molar-refractivity contribution in [3.8, 4) is 5.69 Å². The van der Waals surface area contributed by atoms with Crippen LogP contribution in [0.2, 0.25) is 0 Å². The van der Waals surface area contributed by atoms with E-state index in [-0.39, 0.29) is 29.7 Å². The van der Waals surface area contributed by atoms with Gasteiger partial charge in [0, 0.05) is 12.5 Å². The minimum Gasteiger partial charge on any atom is -0.370 e. The average Bonchev–Trinajstić information content (AvgIpc) is 2.58. The highest BCUT2D eigenvalue weighted by Gasteiger charge is 2.18. The number of hydrogen-bond donors (Lipinski definition) is 2. The number of carbonyl (C=O) groups excluding carboxylic acids is 1. The number of rotatable bonds is 5. The van der Waals surface area contributed by atoms with Gasteiger partial charge >= 0.3 is 0 Å². The normalized spacial score (nSPS) is 12.3. The lowest BCUT2D eigenvalue weighted by Crippen LogP contribution is -2.28. The molecule has 8 heteroatoms. The smallest absolute Gasteiger partial charge is 0.266 e. The van der Waals surface area contributed by atoms with Crippen LogP contribution in [0.5, 0.6) is 0 Å². The molecule has 0 radical (unpaired) electrons. The Morgan fingerprint density at radius 2 is 1.89 bits per heavy atom. The van der Waals surface area contributed by atoms with Gasteiger partial charge in [-0.2, -0.15) is 0 Å². The van der Waals surface area contributed by atoms with Gasteiger partial charge in [-0.3, -0.25) is 14.2 Å². The lowest BCUT2D eigenvalue weighted by Gasteiger charge is -2.17. The van der Waals surface area contributed by atoms with Crippen molar-refractivity contribution in [2.45, 2.75) is 25.8 Å². The van der Waals surface area contributed by atoms with E-state index in [2.05, 4.69) is 4.98 Å². The van der Waals surface area contributed by atoms with Gasteiger partial charge in [-0.15, -0.1) is 0 Å². The van der Waals surface area contributed by atoms with Gasteiger partial charge < -0.3 is 11.5 Å². The molecule has 4 N–H and O–H groups in total. The molecule has 140 valence electrons. The van der Waals surface area contributed by atoms with Gasteiger partial charge in [-0.25, -0.2) is 13.8 Å². The zero-order valence-electron chi connectivity index (χ0n) is 14.6. The van der Waals surface area contributed by atoms with E-state index in [1.54, 1.807) is 25.1 Å². The maximum Gasteiger partial charge on any atom is 0.266 e. The first-order chi connectivity index (χ1) is 12.8. The van der Waals surface area contributed by atoms with E-state index in [0.717, 1.165) is 16.7 Å². The Morgan fingerprint density at radius 1 is 1.22 bits per heavy atom. The number of hydrogen-bond acceptors (Lipinski definition) is 4. The van der Waals surface area contributed by atoms with Crippen molar-refractivity contribution >= 4 is 16.8 Å². The summed E-state index contributed by atoms with van der Waals surface area (Å²) in [5.74, 6) is -1.98. The Morgan fingerprint density at radius 3 is 2.48 bits per heavy atom. The second kappa shape index (κ2) is 7.24. The first-order valence-electron chi connectivity index (χ1n) is 8.33. The van der Waals surface area contributed by atoms with Crippen molar-refractivity contribution in [1.82, 2.24) is 9.55 Å². The van der Waals surface area contributed by atoms with E-state index < -0.39 is 29.1 Å². The molecule has 0 spiro atoms. The summed E-state index contributed by atoms with van der Waals surface area (Å²) < 4.78 is 28.5. The fraction of sp³-hybridized carbons (Fsp3) is 0.211. The molecule has 0 aliphatic heterocycles. The van der Waals surface area contributed by atoms with Crippen molar-refractivity contribution in [3.05, 3.63) is 69.8 Å². The van der Waals surface area contributed by atoms with Gasteiger partial charge in [0.05, 0.1) is 22.6 Å². The van der Waals surface area contributed by atoms with Crippen LogP contribution in [0.15, 0.2) is 41.2 Å². The van der Waals surface area contributed by atoms with Crippen molar-refractivity contribution in [2.75, 3.05) is 0 Å². The molecule has 0 aliphatic carbocycles. The summed E-state index contributed by atoms with van der Waals surface area (Å²) in [6, 6.07) is 7.17. The van der Waals surface area contributed by atoms with E-state index in [9.17, 15) is 18.4 Å². The zero-order chi connectivity index (χ0) is 19.7. The first kappa shape index (κ1) is 18.7. The van der Waals surface area contributed by atoms with Crippen LogP contribution in [0.25, 0.3) is 16.6 Å². The number of benzene rings is 2. The predicted octanol–water partition coefficient (Wildman–Crippen LogP) is 2.10. The summed E-state index contributed by atoms with van der Waals surface area (Å²) in [5, 5.41) is 0.257. The first-order valence-corrected chi connectivity index (χ1v) is 8.33. The molecule has 1 heterocycles. The molecule has 0 saturated carbocycles. The van der Waals surface area contributed by atoms with E-state index in [4.69, 9.17) is 11.5 Å². The highest BCUT2D eigenvalue weighted by Crippen LogP contribution is 2.21. The molecule has 3 aromatic rings. The third-order valence-corrected chi connectivity index (χ3v) is 4.16.